The van der Waals surface area contributed by atoms with E-state index in [1.165, 1.54) is 26.2 Å². The first kappa shape index (κ1) is 21.8. The molecule has 0 aromatic carbocycles. The van der Waals surface area contributed by atoms with Crippen LogP contribution >= 0.6 is 0 Å². The van der Waals surface area contributed by atoms with Gasteiger partial charge in [0.15, 0.2) is 5.96 Å². The lowest BCUT2D eigenvalue weighted by atomic mass is 10.2. The third-order valence-electron chi connectivity index (χ3n) is 5.01. The highest BCUT2D eigenvalue weighted by molar-refractivity contribution is 5.78. The van der Waals surface area contributed by atoms with Gasteiger partial charge in [-0.1, -0.05) is 0 Å². The van der Waals surface area contributed by atoms with Gasteiger partial charge in [0.05, 0.1) is 0 Å². The van der Waals surface area contributed by atoms with Crippen LogP contribution < -0.4 is 5.73 Å². The Morgan fingerprint density at radius 2 is 1.56 bits per heavy atom. The van der Waals surface area contributed by atoms with Crippen molar-refractivity contribution >= 4 is 12.1 Å². The van der Waals surface area contributed by atoms with E-state index in [1.54, 1.807) is 4.90 Å². The maximum absolute atomic E-state index is 12.1. The molecule has 2 aliphatic rings. The van der Waals surface area contributed by atoms with Gasteiger partial charge in [-0.3, -0.25) is 4.99 Å². The van der Waals surface area contributed by atoms with Crippen molar-refractivity contribution in [1.29, 1.82) is 0 Å². The molecule has 0 aliphatic carbocycles. The Bertz CT molecular complexity index is 489. The number of aliphatic imine (C=N–C) groups is 1. The number of hydrogen-bond acceptors (Lipinski definition) is 5. The largest absolute Gasteiger partial charge is 0.444 e. The van der Waals surface area contributed by atoms with Crippen LogP contribution in [0.2, 0.25) is 0 Å². The summed E-state index contributed by atoms with van der Waals surface area (Å²) in [7, 11) is 2.18. The minimum absolute atomic E-state index is 0.249. The summed E-state index contributed by atoms with van der Waals surface area (Å²) in [4.78, 5) is 25.3. The fourth-order valence-corrected chi connectivity index (χ4v) is 3.26. The van der Waals surface area contributed by atoms with Crippen molar-refractivity contribution in [2.75, 3.05) is 72.5 Å². The second kappa shape index (κ2) is 10.1. The zero-order valence-electron chi connectivity index (χ0n) is 17.6. The molecule has 2 fully saturated rings. The number of carbonyl (C=O) groups is 1. The van der Waals surface area contributed by atoms with E-state index < -0.39 is 5.60 Å². The van der Waals surface area contributed by atoms with E-state index in [0.717, 1.165) is 25.9 Å². The predicted molar refractivity (Wildman–Crippen MR) is 109 cm³/mol. The lowest BCUT2D eigenvalue weighted by Gasteiger charge is -2.36. The van der Waals surface area contributed by atoms with E-state index in [0.29, 0.717) is 32.1 Å². The fraction of sp³-hybridized carbons (Fsp3) is 0.895. The topological polar surface area (TPSA) is 77.6 Å². The average molecular weight is 383 g/mol. The van der Waals surface area contributed by atoms with E-state index >= 15 is 0 Å². The Kier molecular flexibility index (Phi) is 8.16. The number of likely N-dealkylation sites (N-methyl/N-ethyl adjacent to an activating group) is 1. The zero-order valence-corrected chi connectivity index (χ0v) is 17.6. The summed E-state index contributed by atoms with van der Waals surface area (Å²) in [5.41, 5.74) is 5.68. The van der Waals surface area contributed by atoms with E-state index in [4.69, 9.17) is 10.5 Å². The molecule has 0 unspecified atom stereocenters. The molecule has 2 rings (SSSR count). The summed E-state index contributed by atoms with van der Waals surface area (Å²) < 4.78 is 5.42. The van der Waals surface area contributed by atoms with Crippen LogP contribution in [0.25, 0.3) is 0 Å². The minimum atomic E-state index is -0.460. The van der Waals surface area contributed by atoms with Crippen LogP contribution in [0.15, 0.2) is 4.99 Å². The van der Waals surface area contributed by atoms with Crippen molar-refractivity contribution in [2.45, 2.75) is 39.2 Å². The molecule has 2 aliphatic heterocycles. The molecule has 0 saturated carbocycles. The van der Waals surface area contributed by atoms with Gasteiger partial charge in [0.25, 0.3) is 0 Å². The molecule has 2 N–H and O–H groups in total. The summed E-state index contributed by atoms with van der Waals surface area (Å²) in [5, 5.41) is 0. The van der Waals surface area contributed by atoms with E-state index in [1.807, 2.05) is 20.8 Å². The van der Waals surface area contributed by atoms with Gasteiger partial charge in [-0.15, -0.1) is 0 Å². The number of nitrogens with zero attached hydrogens (tertiary/aromatic N) is 5. The molecule has 8 nitrogen and oxygen atoms in total. The smallest absolute Gasteiger partial charge is 0.410 e. The van der Waals surface area contributed by atoms with Gasteiger partial charge in [0, 0.05) is 58.9 Å². The van der Waals surface area contributed by atoms with Crippen molar-refractivity contribution in [3.63, 3.8) is 0 Å². The molecular weight excluding hydrogens is 344 g/mol. The molecule has 0 aromatic heterocycles. The quantitative estimate of drug-likeness (QED) is 0.432. The predicted octanol–water partition coefficient (Wildman–Crippen LogP) is 0.881. The summed E-state index contributed by atoms with van der Waals surface area (Å²) in [6.07, 6.45) is 1.97. The monoisotopic (exact) mass is 382 g/mol. The molecule has 8 heteroatoms. The average Bonchev–Trinajstić information content (AvgIpc) is 2.61. The van der Waals surface area contributed by atoms with E-state index in [-0.39, 0.29) is 6.09 Å². The minimum Gasteiger partial charge on any atom is -0.444 e. The molecule has 156 valence electrons. The number of rotatable bonds is 5. The summed E-state index contributed by atoms with van der Waals surface area (Å²) in [6, 6.07) is 0. The number of ether oxygens (including phenoxy) is 1. The molecular formula is C19H38N6O2. The molecule has 1 amide bonds. The third kappa shape index (κ3) is 7.92. The van der Waals surface area contributed by atoms with Crippen LogP contribution in [-0.4, -0.2) is 110 Å². The molecule has 0 atom stereocenters. The Hall–Kier alpha value is -1.54. The maximum Gasteiger partial charge on any atom is 0.410 e. The van der Waals surface area contributed by atoms with Crippen molar-refractivity contribution in [2.24, 2.45) is 10.7 Å². The van der Waals surface area contributed by atoms with Crippen LogP contribution in [0.1, 0.15) is 33.6 Å². The first-order chi connectivity index (χ1) is 12.7. The van der Waals surface area contributed by atoms with Crippen LogP contribution in [0.5, 0.6) is 0 Å². The second-order valence-electron chi connectivity index (χ2n) is 8.55. The number of guanidine groups is 1. The zero-order chi connectivity index (χ0) is 19.9. The van der Waals surface area contributed by atoms with Gasteiger partial charge in [0.1, 0.15) is 5.60 Å². The van der Waals surface area contributed by atoms with Gasteiger partial charge >= 0.3 is 6.09 Å². The number of nitrogens with two attached hydrogens (primary N) is 1. The summed E-state index contributed by atoms with van der Waals surface area (Å²) >= 11 is 0. The molecule has 2 saturated heterocycles. The van der Waals surface area contributed by atoms with Crippen molar-refractivity contribution in [3.8, 4) is 0 Å². The molecule has 0 bridgehead atoms. The number of piperazine rings is 2. The number of amides is 1. The number of hydrogen-bond donors (Lipinski definition) is 1. The Balaban J connectivity index is 1.60. The lowest BCUT2D eigenvalue weighted by molar-refractivity contribution is 0.0186. The van der Waals surface area contributed by atoms with E-state index in [2.05, 4.69) is 26.7 Å². The second-order valence-corrected chi connectivity index (χ2v) is 8.55. The molecule has 2 heterocycles. The van der Waals surface area contributed by atoms with Crippen LogP contribution in [0.4, 0.5) is 4.79 Å². The lowest BCUT2D eigenvalue weighted by Crippen LogP contribution is -2.53. The Labute approximate surface area is 164 Å². The SMILES string of the molecule is CN1CCN(CCCCN=C(N)N2CCN(C(=O)OC(C)(C)C)CC2)CC1. The molecule has 0 radical (unpaired) electrons. The number of carbonyl (C=O) groups excluding carboxylic acids is 1. The molecule has 0 aromatic rings. The van der Waals surface area contributed by atoms with Gasteiger partial charge in [-0.25, -0.2) is 4.79 Å². The first-order valence-corrected chi connectivity index (χ1v) is 10.2. The third-order valence-corrected chi connectivity index (χ3v) is 5.01. The van der Waals surface area contributed by atoms with Crippen molar-refractivity contribution in [3.05, 3.63) is 0 Å². The van der Waals surface area contributed by atoms with Gasteiger partial charge in [-0.2, -0.15) is 0 Å². The van der Waals surface area contributed by atoms with Crippen LogP contribution in [-0.2, 0) is 4.74 Å². The normalized spacial score (nSPS) is 20.8. The van der Waals surface area contributed by atoms with Crippen LogP contribution in [0.3, 0.4) is 0 Å². The highest BCUT2D eigenvalue weighted by Crippen LogP contribution is 2.12. The van der Waals surface area contributed by atoms with Crippen molar-refractivity contribution < 1.29 is 9.53 Å². The Morgan fingerprint density at radius 3 is 2.15 bits per heavy atom. The maximum atomic E-state index is 12.1. The Morgan fingerprint density at radius 1 is 0.963 bits per heavy atom. The highest BCUT2D eigenvalue weighted by Gasteiger charge is 2.26. The first-order valence-electron chi connectivity index (χ1n) is 10.2. The van der Waals surface area contributed by atoms with E-state index in [9.17, 15) is 4.79 Å². The van der Waals surface area contributed by atoms with Gasteiger partial charge < -0.3 is 30.1 Å². The molecule has 27 heavy (non-hydrogen) atoms. The molecule has 0 spiro atoms. The summed E-state index contributed by atoms with van der Waals surface area (Å²) in [5.74, 6) is 0.596. The fourth-order valence-electron chi connectivity index (χ4n) is 3.26. The number of unbranched alkanes of at least 4 members (excludes halogenated alkanes) is 1. The van der Waals surface area contributed by atoms with Gasteiger partial charge in [-0.05, 0) is 47.2 Å². The van der Waals surface area contributed by atoms with Crippen molar-refractivity contribution in [1.82, 2.24) is 19.6 Å². The summed E-state index contributed by atoms with van der Waals surface area (Å²) in [6.45, 7) is 14.9. The van der Waals surface area contributed by atoms with Gasteiger partial charge in [0.2, 0.25) is 0 Å². The van der Waals surface area contributed by atoms with Crippen LogP contribution in [0, 0.1) is 0 Å². The highest BCUT2D eigenvalue weighted by atomic mass is 16.6. The standard InChI is InChI=1S/C19H38N6O2/c1-19(2,3)27-18(26)25-15-13-24(14-16-25)17(20)21-7-5-6-8-23-11-9-22(4)10-12-23/h5-16H2,1-4H3,(H2,20,21).